The maximum Gasteiger partial charge on any atom is 0.412 e. The number of ether oxygens (including phenoxy) is 1. The number of hydrogen-bond acceptors (Lipinski definition) is 5. The first kappa shape index (κ1) is 24.4. The zero-order chi connectivity index (χ0) is 24.0. The predicted octanol–water partition coefficient (Wildman–Crippen LogP) is 5.14. The van der Waals surface area contributed by atoms with Gasteiger partial charge in [0.25, 0.3) is 5.91 Å². The van der Waals surface area contributed by atoms with E-state index in [1.807, 2.05) is 31.1 Å². The minimum Gasteiger partial charge on any atom is -0.410 e. The van der Waals surface area contributed by atoms with Gasteiger partial charge in [-0.05, 0) is 73.8 Å². The zero-order valence-electron chi connectivity index (χ0n) is 18.2. The number of halogens is 2. The summed E-state index contributed by atoms with van der Waals surface area (Å²) in [7, 11) is 3.82. The number of nitrogens with zero attached hydrogens (tertiary/aromatic N) is 1. The Balaban J connectivity index is 1.66. The lowest BCUT2D eigenvalue weighted by Crippen LogP contribution is -2.33. The lowest BCUT2D eigenvalue weighted by atomic mass is 10.0. The normalized spacial score (nSPS) is 10.7. The van der Waals surface area contributed by atoms with Crippen LogP contribution in [0.3, 0.4) is 0 Å². The molecule has 3 aromatic carbocycles. The van der Waals surface area contributed by atoms with Crippen molar-refractivity contribution in [1.82, 2.24) is 10.2 Å². The highest BCUT2D eigenvalue weighted by Gasteiger charge is 2.12. The number of benzene rings is 3. The largest absolute Gasteiger partial charge is 0.412 e. The fourth-order valence-electron chi connectivity index (χ4n) is 2.91. The third kappa shape index (κ3) is 6.86. The molecule has 0 unspecified atom stereocenters. The Morgan fingerprint density at radius 2 is 1.61 bits per heavy atom. The molecule has 0 aliphatic rings. The first-order valence-corrected chi connectivity index (χ1v) is 10.9. The average molecular weight is 487 g/mol. The molecule has 0 spiro atoms. The number of carbonyl (C=O) groups is 2. The van der Waals surface area contributed by atoms with E-state index < -0.39 is 6.09 Å². The van der Waals surface area contributed by atoms with Gasteiger partial charge in [-0.15, -0.1) is 0 Å². The van der Waals surface area contributed by atoms with Crippen molar-refractivity contribution in [3.8, 4) is 16.9 Å². The fraction of sp³-hybridized carbons (Fsp3) is 0.167. The van der Waals surface area contributed by atoms with Crippen LogP contribution in [0.5, 0.6) is 5.75 Å². The molecule has 3 aromatic rings. The molecule has 0 atom stereocenters. The number of rotatable bonds is 7. The molecule has 0 aromatic heterocycles. The Kier molecular flexibility index (Phi) is 8.16. The Bertz CT molecular complexity index is 1150. The molecule has 33 heavy (non-hydrogen) atoms. The summed E-state index contributed by atoms with van der Waals surface area (Å²) in [5.41, 5.74) is 8.98. The van der Waals surface area contributed by atoms with Gasteiger partial charge < -0.3 is 26.0 Å². The Morgan fingerprint density at radius 1 is 0.939 bits per heavy atom. The Hall–Kier alpha value is -3.26. The molecule has 0 fully saturated rings. The quantitative estimate of drug-likeness (QED) is 0.401. The first-order chi connectivity index (χ1) is 15.7. The standard InChI is InChI=1S/C24H24Cl2N4O3/c1-30(2)12-11-28-24(32)33-18-7-3-15(4-8-18)23(31)29-22-14-17(6-10-21(22)27)16-5-9-19(25)20(26)13-16/h3-10,13-14H,11-12,27H2,1-2H3,(H,28,32)(H,29,31). The fourth-order valence-corrected chi connectivity index (χ4v) is 3.21. The number of nitrogens with one attached hydrogen (secondary N) is 2. The molecule has 3 rings (SSSR count). The van der Waals surface area contributed by atoms with Crippen LogP contribution in [-0.2, 0) is 0 Å². The van der Waals surface area contributed by atoms with Crippen LogP contribution in [0.4, 0.5) is 16.2 Å². The van der Waals surface area contributed by atoms with E-state index in [1.165, 1.54) is 0 Å². The van der Waals surface area contributed by atoms with E-state index in [2.05, 4.69) is 10.6 Å². The number of anilines is 2. The molecule has 0 saturated carbocycles. The maximum absolute atomic E-state index is 12.7. The summed E-state index contributed by atoms with van der Waals surface area (Å²) in [6.07, 6.45) is -0.555. The SMILES string of the molecule is CN(C)CCNC(=O)Oc1ccc(C(=O)Nc2cc(-c3ccc(Cl)c(Cl)c3)ccc2N)cc1. The summed E-state index contributed by atoms with van der Waals surface area (Å²) in [4.78, 5) is 26.5. The van der Waals surface area contributed by atoms with Crippen molar-refractivity contribution in [2.24, 2.45) is 0 Å². The van der Waals surface area contributed by atoms with Gasteiger partial charge in [-0.2, -0.15) is 0 Å². The monoisotopic (exact) mass is 486 g/mol. The van der Waals surface area contributed by atoms with Crippen molar-refractivity contribution in [2.45, 2.75) is 0 Å². The molecule has 7 nitrogen and oxygen atoms in total. The van der Waals surface area contributed by atoms with Gasteiger partial charge >= 0.3 is 6.09 Å². The number of hydrogen-bond donors (Lipinski definition) is 3. The van der Waals surface area contributed by atoms with Crippen molar-refractivity contribution >= 4 is 46.6 Å². The molecule has 0 aliphatic heterocycles. The van der Waals surface area contributed by atoms with Crippen LogP contribution in [0.15, 0.2) is 60.7 Å². The van der Waals surface area contributed by atoms with Gasteiger partial charge in [0.2, 0.25) is 0 Å². The van der Waals surface area contributed by atoms with Crippen molar-refractivity contribution in [3.05, 3.63) is 76.3 Å². The topological polar surface area (TPSA) is 96.7 Å². The number of nitrogens with two attached hydrogens (primary N) is 1. The molecule has 2 amide bonds. The summed E-state index contributed by atoms with van der Waals surface area (Å²) >= 11 is 12.1. The minimum absolute atomic E-state index is 0.329. The molecule has 0 bridgehead atoms. The van der Waals surface area contributed by atoms with Crippen LogP contribution in [0, 0.1) is 0 Å². The van der Waals surface area contributed by atoms with Gasteiger partial charge in [0.05, 0.1) is 21.4 Å². The number of carbonyl (C=O) groups excluding carboxylic acids is 2. The molecular formula is C24H24Cl2N4O3. The molecular weight excluding hydrogens is 463 g/mol. The van der Waals surface area contributed by atoms with E-state index in [9.17, 15) is 9.59 Å². The smallest absolute Gasteiger partial charge is 0.410 e. The average Bonchev–Trinajstić information content (AvgIpc) is 2.77. The predicted molar refractivity (Wildman–Crippen MR) is 133 cm³/mol. The molecule has 0 saturated heterocycles. The zero-order valence-corrected chi connectivity index (χ0v) is 19.7. The van der Waals surface area contributed by atoms with Gasteiger partial charge in [0.1, 0.15) is 5.75 Å². The van der Waals surface area contributed by atoms with E-state index >= 15 is 0 Å². The summed E-state index contributed by atoms with van der Waals surface area (Å²) in [5, 5.41) is 6.36. The lowest BCUT2D eigenvalue weighted by molar-refractivity contribution is 0.102. The summed E-state index contributed by atoms with van der Waals surface area (Å²) < 4.78 is 5.21. The highest BCUT2D eigenvalue weighted by molar-refractivity contribution is 6.42. The van der Waals surface area contributed by atoms with Gasteiger partial charge in [-0.1, -0.05) is 35.3 Å². The van der Waals surface area contributed by atoms with E-state index in [-0.39, 0.29) is 5.91 Å². The number of likely N-dealkylation sites (N-methyl/N-ethyl adjacent to an activating group) is 1. The van der Waals surface area contributed by atoms with Gasteiger partial charge in [0.15, 0.2) is 0 Å². The van der Waals surface area contributed by atoms with E-state index in [0.717, 1.165) is 11.1 Å². The molecule has 0 aliphatic carbocycles. The van der Waals surface area contributed by atoms with Crippen molar-refractivity contribution in [1.29, 1.82) is 0 Å². The van der Waals surface area contributed by atoms with Crippen molar-refractivity contribution < 1.29 is 14.3 Å². The van der Waals surface area contributed by atoms with Crippen LogP contribution in [0.2, 0.25) is 10.0 Å². The van der Waals surface area contributed by atoms with Crippen molar-refractivity contribution in [3.63, 3.8) is 0 Å². The second-order valence-electron chi connectivity index (χ2n) is 7.53. The van der Waals surface area contributed by atoms with E-state index in [4.69, 9.17) is 33.7 Å². The molecule has 9 heteroatoms. The summed E-state index contributed by atoms with van der Waals surface area (Å²) in [6, 6.07) is 16.8. The lowest BCUT2D eigenvalue weighted by Gasteiger charge is -2.12. The second kappa shape index (κ2) is 11.0. The molecule has 0 radical (unpaired) electrons. The highest BCUT2D eigenvalue weighted by atomic mass is 35.5. The summed E-state index contributed by atoms with van der Waals surface area (Å²) in [6.45, 7) is 1.17. The molecule has 4 N–H and O–H groups in total. The third-order valence-electron chi connectivity index (χ3n) is 4.71. The van der Waals surface area contributed by atoms with Gasteiger partial charge in [0, 0.05) is 18.7 Å². The van der Waals surface area contributed by atoms with Crippen molar-refractivity contribution in [2.75, 3.05) is 38.2 Å². The maximum atomic E-state index is 12.7. The van der Waals surface area contributed by atoms with Crippen LogP contribution in [0.25, 0.3) is 11.1 Å². The van der Waals surface area contributed by atoms with E-state index in [1.54, 1.807) is 48.5 Å². The Labute approximate surface area is 202 Å². The minimum atomic E-state index is -0.555. The highest BCUT2D eigenvalue weighted by Crippen LogP contribution is 2.32. The number of amides is 2. The van der Waals surface area contributed by atoms with E-state index in [0.29, 0.717) is 45.8 Å². The van der Waals surface area contributed by atoms with Gasteiger partial charge in [-0.25, -0.2) is 4.79 Å². The molecule has 172 valence electrons. The first-order valence-electron chi connectivity index (χ1n) is 10.1. The number of nitrogen functional groups attached to an aromatic ring is 1. The van der Waals surface area contributed by atoms with Crippen LogP contribution < -0.4 is 21.1 Å². The second-order valence-corrected chi connectivity index (χ2v) is 8.34. The van der Waals surface area contributed by atoms with Crippen LogP contribution >= 0.6 is 23.2 Å². The van der Waals surface area contributed by atoms with Crippen LogP contribution in [-0.4, -0.2) is 44.1 Å². The van der Waals surface area contributed by atoms with Crippen LogP contribution in [0.1, 0.15) is 10.4 Å². The molecule has 0 heterocycles. The third-order valence-corrected chi connectivity index (χ3v) is 5.45. The van der Waals surface area contributed by atoms with Gasteiger partial charge in [-0.3, -0.25) is 4.79 Å². The Morgan fingerprint density at radius 3 is 2.27 bits per heavy atom. The summed E-state index contributed by atoms with van der Waals surface area (Å²) in [5.74, 6) is -0.0231.